The number of hydrogen-bond acceptors (Lipinski definition) is 1. The zero-order chi connectivity index (χ0) is 15.1. The van der Waals surface area contributed by atoms with Crippen molar-refractivity contribution in [3.63, 3.8) is 0 Å². The van der Waals surface area contributed by atoms with Crippen LogP contribution in [0.4, 0.5) is 5.69 Å². The number of anilines is 1. The van der Waals surface area contributed by atoms with Crippen molar-refractivity contribution in [1.29, 1.82) is 0 Å². The molecular weight excluding hydrogens is 276 g/mol. The van der Waals surface area contributed by atoms with Gasteiger partial charge in [-0.15, -0.1) is 0 Å². The van der Waals surface area contributed by atoms with Crippen molar-refractivity contribution >= 4 is 23.0 Å². The number of aryl methyl sites for hydroxylation is 2. The normalized spacial score (nSPS) is 10.2. The van der Waals surface area contributed by atoms with Crippen LogP contribution < -0.4 is 10.6 Å². The number of thiocarbonyl (C=S) groups is 1. The Kier molecular flexibility index (Phi) is 5.76. The van der Waals surface area contributed by atoms with E-state index >= 15 is 0 Å². The van der Waals surface area contributed by atoms with E-state index in [0.29, 0.717) is 5.11 Å². The van der Waals surface area contributed by atoms with Crippen LogP contribution in [-0.2, 0) is 12.8 Å². The summed E-state index contributed by atoms with van der Waals surface area (Å²) in [6.45, 7) is 5.13. The summed E-state index contributed by atoms with van der Waals surface area (Å²) in [5.74, 6) is 0. The molecule has 0 atom stereocenters. The van der Waals surface area contributed by atoms with E-state index in [4.69, 9.17) is 12.2 Å². The van der Waals surface area contributed by atoms with Gasteiger partial charge in [0.2, 0.25) is 0 Å². The van der Waals surface area contributed by atoms with Gasteiger partial charge in [0.1, 0.15) is 0 Å². The third-order valence-electron chi connectivity index (χ3n) is 3.56. The number of benzene rings is 2. The molecule has 3 heteroatoms. The van der Waals surface area contributed by atoms with Crippen molar-refractivity contribution in [3.05, 3.63) is 65.2 Å². The van der Waals surface area contributed by atoms with Crippen molar-refractivity contribution in [1.82, 2.24) is 5.32 Å². The van der Waals surface area contributed by atoms with E-state index in [1.54, 1.807) is 0 Å². The SMILES string of the molecule is CCc1ccc(NC(=S)NCCc2ccccc2C)cc1. The third-order valence-corrected chi connectivity index (χ3v) is 3.81. The smallest absolute Gasteiger partial charge is 0.170 e. The van der Waals surface area contributed by atoms with E-state index in [-0.39, 0.29) is 0 Å². The van der Waals surface area contributed by atoms with Crippen LogP contribution in [-0.4, -0.2) is 11.7 Å². The number of hydrogen-bond donors (Lipinski definition) is 2. The molecule has 2 N–H and O–H groups in total. The lowest BCUT2D eigenvalue weighted by Gasteiger charge is -2.11. The van der Waals surface area contributed by atoms with Crippen LogP contribution >= 0.6 is 12.2 Å². The molecule has 2 nitrogen and oxygen atoms in total. The van der Waals surface area contributed by atoms with Crippen molar-refractivity contribution in [2.45, 2.75) is 26.7 Å². The van der Waals surface area contributed by atoms with Gasteiger partial charge in [-0.05, 0) is 60.8 Å². The van der Waals surface area contributed by atoms with Gasteiger partial charge in [0.25, 0.3) is 0 Å². The minimum atomic E-state index is 0.674. The van der Waals surface area contributed by atoms with Gasteiger partial charge in [-0.3, -0.25) is 0 Å². The second-order valence-electron chi connectivity index (χ2n) is 5.11. The Labute approximate surface area is 132 Å². The van der Waals surface area contributed by atoms with Crippen LogP contribution in [0.15, 0.2) is 48.5 Å². The Hall–Kier alpha value is -1.87. The molecule has 21 heavy (non-hydrogen) atoms. The molecule has 0 heterocycles. The monoisotopic (exact) mass is 298 g/mol. The average molecular weight is 298 g/mol. The highest BCUT2D eigenvalue weighted by Crippen LogP contribution is 2.10. The highest BCUT2D eigenvalue weighted by Gasteiger charge is 2.00. The zero-order valence-electron chi connectivity index (χ0n) is 12.6. The molecule has 0 unspecified atom stereocenters. The first-order chi connectivity index (χ1) is 10.2. The summed E-state index contributed by atoms with van der Waals surface area (Å²) in [6.07, 6.45) is 2.03. The molecule has 2 aromatic rings. The van der Waals surface area contributed by atoms with E-state index in [2.05, 4.69) is 73.0 Å². The fraction of sp³-hybridized carbons (Fsp3) is 0.278. The largest absolute Gasteiger partial charge is 0.362 e. The Morgan fingerprint density at radius 1 is 1.05 bits per heavy atom. The first-order valence-electron chi connectivity index (χ1n) is 7.37. The summed E-state index contributed by atoms with van der Waals surface area (Å²) >= 11 is 5.32. The number of nitrogens with one attached hydrogen (secondary N) is 2. The molecule has 0 spiro atoms. The molecule has 2 rings (SSSR count). The molecule has 0 aliphatic heterocycles. The summed E-state index contributed by atoms with van der Waals surface area (Å²) < 4.78 is 0. The molecule has 0 saturated carbocycles. The van der Waals surface area contributed by atoms with Gasteiger partial charge >= 0.3 is 0 Å². The van der Waals surface area contributed by atoms with Crippen molar-refractivity contribution in [2.75, 3.05) is 11.9 Å². The van der Waals surface area contributed by atoms with Crippen LogP contribution in [0.2, 0.25) is 0 Å². The predicted molar refractivity (Wildman–Crippen MR) is 94.9 cm³/mol. The van der Waals surface area contributed by atoms with Crippen LogP contribution in [0.3, 0.4) is 0 Å². The molecule has 0 aromatic heterocycles. The maximum absolute atomic E-state index is 5.32. The van der Waals surface area contributed by atoms with E-state index in [9.17, 15) is 0 Å². The van der Waals surface area contributed by atoms with Crippen LogP contribution in [0.5, 0.6) is 0 Å². The minimum absolute atomic E-state index is 0.674. The molecule has 0 bridgehead atoms. The summed E-state index contributed by atoms with van der Waals surface area (Å²) in [5.41, 5.74) is 5.05. The Balaban J connectivity index is 1.78. The van der Waals surface area contributed by atoms with Gasteiger partial charge in [0.05, 0.1) is 0 Å². The highest BCUT2D eigenvalue weighted by molar-refractivity contribution is 7.80. The molecule has 0 saturated heterocycles. The summed E-state index contributed by atoms with van der Waals surface area (Å²) in [5, 5.41) is 7.14. The fourth-order valence-corrected chi connectivity index (χ4v) is 2.42. The Morgan fingerprint density at radius 3 is 2.43 bits per heavy atom. The molecular formula is C18H22N2S. The van der Waals surface area contributed by atoms with Gasteiger partial charge in [0.15, 0.2) is 5.11 Å². The Morgan fingerprint density at radius 2 is 1.76 bits per heavy atom. The molecule has 0 aliphatic carbocycles. The fourth-order valence-electron chi connectivity index (χ4n) is 2.20. The Bertz CT molecular complexity index is 590. The maximum atomic E-state index is 5.32. The van der Waals surface area contributed by atoms with Gasteiger partial charge in [-0.25, -0.2) is 0 Å². The molecule has 110 valence electrons. The molecule has 2 aromatic carbocycles. The molecule has 0 amide bonds. The zero-order valence-corrected chi connectivity index (χ0v) is 13.5. The van der Waals surface area contributed by atoms with E-state index in [1.165, 1.54) is 16.7 Å². The summed E-state index contributed by atoms with van der Waals surface area (Å²) in [4.78, 5) is 0. The average Bonchev–Trinajstić information content (AvgIpc) is 2.50. The molecule has 0 radical (unpaired) electrons. The first-order valence-corrected chi connectivity index (χ1v) is 7.78. The molecule has 0 aliphatic rings. The second kappa shape index (κ2) is 7.79. The highest BCUT2D eigenvalue weighted by atomic mass is 32.1. The van der Waals surface area contributed by atoms with Crippen LogP contribution in [0.25, 0.3) is 0 Å². The lowest BCUT2D eigenvalue weighted by atomic mass is 10.1. The van der Waals surface area contributed by atoms with Crippen molar-refractivity contribution < 1.29 is 0 Å². The predicted octanol–water partition coefficient (Wildman–Crippen LogP) is 4.09. The third kappa shape index (κ3) is 4.87. The van der Waals surface area contributed by atoms with Crippen molar-refractivity contribution in [2.24, 2.45) is 0 Å². The molecule has 0 fully saturated rings. The first kappa shape index (κ1) is 15.5. The summed E-state index contributed by atoms with van der Waals surface area (Å²) in [7, 11) is 0. The summed E-state index contributed by atoms with van der Waals surface area (Å²) in [6, 6.07) is 16.8. The number of rotatable bonds is 5. The lowest BCUT2D eigenvalue weighted by Crippen LogP contribution is -2.30. The van der Waals surface area contributed by atoms with Gasteiger partial charge in [-0.2, -0.15) is 0 Å². The van der Waals surface area contributed by atoms with Gasteiger partial charge in [-0.1, -0.05) is 43.3 Å². The van der Waals surface area contributed by atoms with E-state index < -0.39 is 0 Å². The van der Waals surface area contributed by atoms with Gasteiger partial charge in [0, 0.05) is 12.2 Å². The van der Waals surface area contributed by atoms with Crippen molar-refractivity contribution in [3.8, 4) is 0 Å². The van der Waals surface area contributed by atoms with E-state index in [0.717, 1.165) is 25.1 Å². The van der Waals surface area contributed by atoms with Crippen LogP contribution in [0, 0.1) is 6.92 Å². The second-order valence-corrected chi connectivity index (χ2v) is 5.52. The van der Waals surface area contributed by atoms with Crippen LogP contribution in [0.1, 0.15) is 23.6 Å². The van der Waals surface area contributed by atoms with Gasteiger partial charge < -0.3 is 10.6 Å². The lowest BCUT2D eigenvalue weighted by molar-refractivity contribution is 0.868. The van der Waals surface area contributed by atoms with E-state index in [1.807, 2.05) is 0 Å². The standard InChI is InChI=1S/C18H22N2S/c1-3-15-8-10-17(11-9-15)20-18(21)19-13-12-16-7-5-4-6-14(16)2/h4-11H,3,12-13H2,1-2H3,(H2,19,20,21). The maximum Gasteiger partial charge on any atom is 0.170 e. The quantitative estimate of drug-likeness (QED) is 0.813. The topological polar surface area (TPSA) is 24.1 Å². The minimum Gasteiger partial charge on any atom is -0.362 e.